The predicted molar refractivity (Wildman–Crippen MR) is 89.6 cm³/mol. The predicted octanol–water partition coefficient (Wildman–Crippen LogP) is 3.29. The topological polar surface area (TPSA) is 57.6 Å². The van der Waals surface area contributed by atoms with E-state index in [1.807, 2.05) is 59.5 Å². The zero-order valence-corrected chi connectivity index (χ0v) is 13.3. The number of aliphatic carboxylic acids is 1. The number of hydrogen-bond acceptors (Lipinski definition) is 2. The monoisotopic (exact) mass is 321 g/mol. The first-order chi connectivity index (χ1) is 11.7. The smallest absolute Gasteiger partial charge is 0.309 e. The lowest BCUT2D eigenvalue weighted by atomic mass is 9.87. The molecule has 1 aliphatic heterocycles. The van der Waals surface area contributed by atoms with E-state index in [0.29, 0.717) is 12.0 Å². The van der Waals surface area contributed by atoms with E-state index in [1.54, 1.807) is 0 Å². The first kappa shape index (κ1) is 14.9. The Morgan fingerprint density at radius 2 is 1.67 bits per heavy atom. The summed E-state index contributed by atoms with van der Waals surface area (Å²) in [6.07, 6.45) is 2.27. The van der Waals surface area contributed by atoms with Crippen LogP contribution in [0.4, 0.5) is 0 Å². The van der Waals surface area contributed by atoms with Crippen molar-refractivity contribution in [3.63, 3.8) is 0 Å². The van der Waals surface area contributed by atoms with E-state index < -0.39 is 17.9 Å². The normalized spacial score (nSPS) is 23.5. The van der Waals surface area contributed by atoms with Crippen LogP contribution in [0.3, 0.4) is 0 Å². The highest BCUT2D eigenvalue weighted by Gasteiger charge is 2.46. The van der Waals surface area contributed by atoms with Crippen molar-refractivity contribution < 1.29 is 14.7 Å². The number of fused-ring (bicyclic) bond motifs is 1. The van der Waals surface area contributed by atoms with Crippen molar-refractivity contribution in [1.29, 1.82) is 0 Å². The van der Waals surface area contributed by atoms with Crippen molar-refractivity contribution >= 4 is 11.9 Å². The number of nitrogens with zero attached hydrogens (tertiary/aromatic N) is 1. The van der Waals surface area contributed by atoms with E-state index in [9.17, 15) is 14.7 Å². The molecular formula is C20H19NO3. The van der Waals surface area contributed by atoms with Crippen LogP contribution in [0.15, 0.2) is 54.6 Å². The molecule has 0 bridgehead atoms. The summed E-state index contributed by atoms with van der Waals surface area (Å²) in [5.74, 6) is -1.52. The molecular weight excluding hydrogens is 302 g/mol. The zero-order valence-electron chi connectivity index (χ0n) is 13.3. The van der Waals surface area contributed by atoms with Gasteiger partial charge in [-0.25, -0.2) is 0 Å². The Kier molecular flexibility index (Phi) is 3.60. The number of carbonyl (C=O) groups excluding carboxylic acids is 1. The fourth-order valence-corrected chi connectivity index (χ4v) is 3.73. The van der Waals surface area contributed by atoms with Gasteiger partial charge in [0.1, 0.15) is 0 Å². The molecule has 2 atom stereocenters. The number of benzene rings is 2. The second kappa shape index (κ2) is 5.78. The van der Waals surface area contributed by atoms with Gasteiger partial charge < -0.3 is 10.0 Å². The molecule has 0 radical (unpaired) electrons. The molecule has 0 aromatic heterocycles. The molecule has 2 aromatic carbocycles. The third-order valence-electron chi connectivity index (χ3n) is 5.00. The Hall–Kier alpha value is -2.62. The Morgan fingerprint density at radius 3 is 2.33 bits per heavy atom. The summed E-state index contributed by atoms with van der Waals surface area (Å²) in [5.41, 5.74) is 2.38. The van der Waals surface area contributed by atoms with Crippen LogP contribution in [-0.2, 0) is 11.2 Å². The molecule has 4 rings (SSSR count). The molecule has 1 N–H and O–H groups in total. The minimum atomic E-state index is -0.848. The SMILES string of the molecule is O=C(O)[C@H]1Cc2ccccc2C(=O)N(C2CC2)[C@@H]1c1ccccc1. The third kappa shape index (κ3) is 2.48. The summed E-state index contributed by atoms with van der Waals surface area (Å²) in [4.78, 5) is 27.1. The van der Waals surface area contributed by atoms with Crippen molar-refractivity contribution in [2.45, 2.75) is 31.3 Å². The lowest BCUT2D eigenvalue weighted by molar-refractivity contribution is -0.144. The number of carboxylic acid groups (broad SMARTS) is 1. The fraction of sp³-hybridized carbons (Fsp3) is 0.300. The van der Waals surface area contributed by atoms with E-state index in [-0.39, 0.29) is 11.9 Å². The average Bonchev–Trinajstić information content (AvgIpc) is 3.43. The molecule has 2 aliphatic rings. The van der Waals surface area contributed by atoms with Gasteiger partial charge in [-0.15, -0.1) is 0 Å². The molecule has 122 valence electrons. The zero-order chi connectivity index (χ0) is 16.7. The Morgan fingerprint density at radius 1 is 1.00 bits per heavy atom. The molecule has 1 saturated carbocycles. The number of amides is 1. The van der Waals surface area contributed by atoms with Crippen molar-refractivity contribution in [3.05, 3.63) is 71.3 Å². The maximum Gasteiger partial charge on any atom is 0.309 e. The molecule has 0 spiro atoms. The molecule has 1 aliphatic carbocycles. The van der Waals surface area contributed by atoms with Gasteiger partial charge in [-0.3, -0.25) is 9.59 Å². The highest BCUT2D eigenvalue weighted by Crippen LogP contribution is 2.43. The van der Waals surface area contributed by atoms with Gasteiger partial charge in [-0.1, -0.05) is 48.5 Å². The summed E-state index contributed by atoms with van der Waals surface area (Å²) in [5, 5.41) is 9.89. The molecule has 0 unspecified atom stereocenters. The van der Waals surface area contributed by atoms with Gasteiger partial charge in [-0.05, 0) is 36.5 Å². The highest BCUT2D eigenvalue weighted by atomic mass is 16.4. The maximum absolute atomic E-state index is 13.2. The first-order valence-electron chi connectivity index (χ1n) is 8.35. The van der Waals surface area contributed by atoms with Crippen LogP contribution < -0.4 is 0 Å². The van der Waals surface area contributed by atoms with Crippen molar-refractivity contribution in [2.24, 2.45) is 5.92 Å². The van der Waals surface area contributed by atoms with E-state index in [1.165, 1.54) is 0 Å². The number of carbonyl (C=O) groups is 2. The lowest BCUT2D eigenvalue weighted by Gasteiger charge is -2.34. The second-order valence-electron chi connectivity index (χ2n) is 6.61. The van der Waals surface area contributed by atoms with E-state index in [0.717, 1.165) is 24.0 Å². The van der Waals surface area contributed by atoms with Crippen LogP contribution in [0.5, 0.6) is 0 Å². The highest BCUT2D eigenvalue weighted by molar-refractivity contribution is 5.97. The molecule has 24 heavy (non-hydrogen) atoms. The lowest BCUT2D eigenvalue weighted by Crippen LogP contribution is -2.41. The number of carboxylic acids is 1. The Balaban J connectivity index is 1.89. The van der Waals surface area contributed by atoms with Crippen molar-refractivity contribution in [3.8, 4) is 0 Å². The van der Waals surface area contributed by atoms with Gasteiger partial charge in [-0.2, -0.15) is 0 Å². The molecule has 1 amide bonds. The van der Waals surface area contributed by atoms with Crippen molar-refractivity contribution in [2.75, 3.05) is 0 Å². The number of hydrogen-bond donors (Lipinski definition) is 1. The molecule has 0 saturated heterocycles. The van der Waals surface area contributed by atoms with Crippen LogP contribution in [0.2, 0.25) is 0 Å². The first-order valence-corrected chi connectivity index (χ1v) is 8.35. The van der Waals surface area contributed by atoms with Crippen LogP contribution in [-0.4, -0.2) is 27.9 Å². The third-order valence-corrected chi connectivity index (χ3v) is 5.00. The summed E-state index contributed by atoms with van der Waals surface area (Å²) in [7, 11) is 0. The largest absolute Gasteiger partial charge is 0.481 e. The van der Waals surface area contributed by atoms with Crippen LogP contribution in [0.1, 0.15) is 40.4 Å². The van der Waals surface area contributed by atoms with Gasteiger partial charge in [0.15, 0.2) is 0 Å². The minimum absolute atomic E-state index is 0.0364. The molecule has 1 fully saturated rings. The summed E-state index contributed by atoms with van der Waals surface area (Å²) in [6.45, 7) is 0. The Labute approximate surface area is 140 Å². The fourth-order valence-electron chi connectivity index (χ4n) is 3.73. The second-order valence-corrected chi connectivity index (χ2v) is 6.61. The average molecular weight is 321 g/mol. The Bertz CT molecular complexity index is 782. The van der Waals surface area contributed by atoms with E-state index in [4.69, 9.17) is 0 Å². The molecule has 1 heterocycles. The van der Waals surface area contributed by atoms with Crippen LogP contribution in [0.25, 0.3) is 0 Å². The summed E-state index contributed by atoms with van der Waals surface area (Å²) in [6, 6.07) is 16.7. The molecule has 4 heteroatoms. The van der Waals surface area contributed by atoms with E-state index in [2.05, 4.69) is 0 Å². The molecule has 2 aromatic rings. The quantitative estimate of drug-likeness (QED) is 0.944. The summed E-state index contributed by atoms with van der Waals surface area (Å²) < 4.78 is 0. The molecule has 4 nitrogen and oxygen atoms in total. The van der Waals surface area contributed by atoms with Gasteiger partial charge in [0.2, 0.25) is 0 Å². The van der Waals surface area contributed by atoms with Gasteiger partial charge >= 0.3 is 5.97 Å². The standard InChI is InChI=1S/C20H19NO3/c22-19-16-9-5-4-8-14(16)12-17(20(23)24)18(21(19)15-10-11-15)13-6-2-1-3-7-13/h1-9,15,17-18H,10-12H2,(H,23,24)/t17-,18+/m0/s1. The van der Waals surface area contributed by atoms with Crippen molar-refractivity contribution in [1.82, 2.24) is 4.90 Å². The van der Waals surface area contributed by atoms with E-state index >= 15 is 0 Å². The van der Waals surface area contributed by atoms with Gasteiger partial charge in [0.25, 0.3) is 5.91 Å². The number of rotatable bonds is 3. The van der Waals surface area contributed by atoms with Crippen LogP contribution >= 0.6 is 0 Å². The van der Waals surface area contributed by atoms with Gasteiger partial charge in [0, 0.05) is 11.6 Å². The minimum Gasteiger partial charge on any atom is -0.481 e. The van der Waals surface area contributed by atoms with Crippen LogP contribution in [0, 0.1) is 5.92 Å². The van der Waals surface area contributed by atoms with Gasteiger partial charge in [0.05, 0.1) is 12.0 Å². The summed E-state index contributed by atoms with van der Waals surface area (Å²) >= 11 is 0. The maximum atomic E-state index is 13.2.